The lowest BCUT2D eigenvalue weighted by atomic mass is 9.99. The molecule has 2 heterocycles. The fourth-order valence-corrected chi connectivity index (χ4v) is 4.75. The zero-order valence-electron chi connectivity index (χ0n) is 19.3. The second-order valence-electron chi connectivity index (χ2n) is 8.97. The van der Waals surface area contributed by atoms with Gasteiger partial charge in [-0.05, 0) is 53.9 Å². The maximum atomic E-state index is 13.0. The summed E-state index contributed by atoms with van der Waals surface area (Å²) in [4.78, 5) is 31.7. The molecule has 3 aromatic carbocycles. The van der Waals surface area contributed by atoms with Crippen molar-refractivity contribution >= 4 is 23.2 Å². The molecule has 3 aromatic rings. The Kier molecular flexibility index (Phi) is 6.58. The summed E-state index contributed by atoms with van der Waals surface area (Å²) in [5.74, 6) is 0.0332. The summed E-state index contributed by atoms with van der Waals surface area (Å²) in [6.07, 6.45) is 1.05. The van der Waals surface area contributed by atoms with Gasteiger partial charge in [0, 0.05) is 56.2 Å². The van der Waals surface area contributed by atoms with Crippen LogP contribution >= 0.6 is 0 Å². The summed E-state index contributed by atoms with van der Waals surface area (Å²) >= 11 is 0. The van der Waals surface area contributed by atoms with E-state index in [1.165, 1.54) is 11.1 Å². The Hall–Kier alpha value is -3.64. The van der Waals surface area contributed by atoms with Crippen molar-refractivity contribution in [1.29, 1.82) is 0 Å². The van der Waals surface area contributed by atoms with Gasteiger partial charge < -0.3 is 15.1 Å². The molecular weight excluding hydrogens is 424 g/mol. The van der Waals surface area contributed by atoms with E-state index in [4.69, 9.17) is 0 Å². The van der Waals surface area contributed by atoms with Gasteiger partial charge in [-0.15, -0.1) is 0 Å². The first-order valence-electron chi connectivity index (χ1n) is 11.9. The van der Waals surface area contributed by atoms with Crippen molar-refractivity contribution in [3.63, 3.8) is 0 Å². The fourth-order valence-electron chi connectivity index (χ4n) is 4.75. The number of nitrogens with one attached hydrogen (secondary N) is 1. The number of piperazine rings is 1. The molecule has 2 amide bonds. The molecule has 0 bridgehead atoms. The molecule has 5 rings (SSSR count). The van der Waals surface area contributed by atoms with Gasteiger partial charge in [-0.2, -0.15) is 0 Å². The molecule has 0 unspecified atom stereocenters. The lowest BCUT2D eigenvalue weighted by Gasteiger charge is -2.34. The van der Waals surface area contributed by atoms with Gasteiger partial charge in [-0.3, -0.25) is 14.5 Å². The van der Waals surface area contributed by atoms with Crippen LogP contribution in [0.5, 0.6) is 0 Å². The number of amides is 2. The van der Waals surface area contributed by atoms with Crippen molar-refractivity contribution in [3.8, 4) is 0 Å². The van der Waals surface area contributed by atoms with Crippen LogP contribution in [-0.4, -0.2) is 60.9 Å². The van der Waals surface area contributed by atoms with Gasteiger partial charge in [0.1, 0.15) is 0 Å². The highest BCUT2D eigenvalue weighted by Gasteiger charge is 2.24. The molecule has 6 heteroatoms. The zero-order chi connectivity index (χ0) is 23.3. The van der Waals surface area contributed by atoms with Crippen molar-refractivity contribution in [2.75, 3.05) is 49.5 Å². The highest BCUT2D eigenvalue weighted by molar-refractivity contribution is 5.95. The van der Waals surface area contributed by atoms with Crippen LogP contribution < -0.4 is 10.2 Å². The van der Waals surface area contributed by atoms with Crippen molar-refractivity contribution in [2.45, 2.75) is 13.0 Å². The Morgan fingerprint density at radius 1 is 0.735 bits per heavy atom. The van der Waals surface area contributed by atoms with Gasteiger partial charge in [0.2, 0.25) is 5.91 Å². The minimum absolute atomic E-state index is 0.0260. The van der Waals surface area contributed by atoms with E-state index in [1.54, 1.807) is 0 Å². The first-order valence-corrected chi connectivity index (χ1v) is 11.9. The van der Waals surface area contributed by atoms with Gasteiger partial charge in [0.25, 0.3) is 5.91 Å². The number of benzene rings is 3. The Morgan fingerprint density at radius 2 is 1.41 bits per heavy atom. The predicted octanol–water partition coefficient (Wildman–Crippen LogP) is 3.65. The molecule has 174 valence electrons. The maximum Gasteiger partial charge on any atom is 0.253 e. The number of rotatable bonds is 5. The third-order valence-corrected chi connectivity index (χ3v) is 6.69. The number of anilines is 2. The highest BCUT2D eigenvalue weighted by atomic mass is 16.2. The molecule has 1 N–H and O–H groups in total. The Labute approximate surface area is 200 Å². The number of carbonyl (C=O) groups excluding carboxylic acids is 2. The summed E-state index contributed by atoms with van der Waals surface area (Å²) in [7, 11) is 0. The molecule has 2 aliphatic heterocycles. The maximum absolute atomic E-state index is 13.0. The van der Waals surface area contributed by atoms with Gasteiger partial charge >= 0.3 is 0 Å². The van der Waals surface area contributed by atoms with Crippen LogP contribution in [0.3, 0.4) is 0 Å². The monoisotopic (exact) mass is 454 g/mol. The first kappa shape index (κ1) is 22.2. The Morgan fingerprint density at radius 3 is 2.15 bits per heavy atom. The average molecular weight is 455 g/mol. The van der Waals surface area contributed by atoms with E-state index in [-0.39, 0.29) is 11.8 Å². The van der Waals surface area contributed by atoms with Gasteiger partial charge in [-0.1, -0.05) is 42.5 Å². The number of hydrogen-bond acceptors (Lipinski definition) is 4. The van der Waals surface area contributed by atoms with E-state index in [9.17, 15) is 9.59 Å². The molecule has 0 aromatic heterocycles. The van der Waals surface area contributed by atoms with Crippen molar-refractivity contribution in [2.24, 2.45) is 0 Å². The third kappa shape index (κ3) is 5.13. The van der Waals surface area contributed by atoms with E-state index in [0.29, 0.717) is 32.7 Å². The SMILES string of the molecule is O=C(CN1CCN(C(=O)c2ccc(N3CCc4ccccc4C3)cc2)CC1)Nc1ccccc1. The van der Waals surface area contributed by atoms with E-state index in [2.05, 4.69) is 51.5 Å². The molecular formula is C28H30N4O2. The van der Waals surface area contributed by atoms with Crippen LogP contribution in [0.15, 0.2) is 78.9 Å². The quantitative estimate of drug-likeness (QED) is 0.640. The van der Waals surface area contributed by atoms with E-state index in [1.807, 2.05) is 47.4 Å². The summed E-state index contributed by atoms with van der Waals surface area (Å²) in [6, 6.07) is 26.1. The second kappa shape index (κ2) is 10.1. The number of carbonyl (C=O) groups is 2. The largest absolute Gasteiger partial charge is 0.367 e. The van der Waals surface area contributed by atoms with Gasteiger partial charge in [0.15, 0.2) is 0 Å². The normalized spacial score (nSPS) is 16.1. The standard InChI is InChI=1S/C28H30N4O2/c33-27(29-25-8-2-1-3-9-25)21-30-16-18-31(19-17-30)28(34)23-10-12-26(13-11-23)32-15-14-22-6-4-5-7-24(22)20-32/h1-13H,14-21H2,(H,29,33). The molecule has 2 aliphatic rings. The summed E-state index contributed by atoms with van der Waals surface area (Å²) in [5, 5.41) is 2.92. The van der Waals surface area contributed by atoms with Gasteiger partial charge in [-0.25, -0.2) is 0 Å². The molecule has 6 nitrogen and oxygen atoms in total. The molecule has 0 atom stereocenters. The second-order valence-corrected chi connectivity index (χ2v) is 8.97. The smallest absolute Gasteiger partial charge is 0.253 e. The first-order chi connectivity index (χ1) is 16.7. The van der Waals surface area contributed by atoms with Crippen LogP contribution in [0.1, 0.15) is 21.5 Å². The zero-order valence-corrected chi connectivity index (χ0v) is 19.3. The molecule has 1 fully saturated rings. The Balaban J connectivity index is 1.12. The minimum atomic E-state index is -0.0260. The van der Waals surface area contributed by atoms with E-state index >= 15 is 0 Å². The highest BCUT2D eigenvalue weighted by Crippen LogP contribution is 2.25. The number of nitrogens with zero attached hydrogens (tertiary/aromatic N) is 3. The number of hydrogen-bond donors (Lipinski definition) is 1. The van der Waals surface area contributed by atoms with E-state index in [0.717, 1.165) is 36.4 Å². The van der Waals surface area contributed by atoms with Crippen molar-refractivity contribution in [3.05, 3.63) is 95.6 Å². The number of para-hydroxylation sites is 1. The summed E-state index contributed by atoms with van der Waals surface area (Å²) < 4.78 is 0. The molecule has 34 heavy (non-hydrogen) atoms. The van der Waals surface area contributed by atoms with Crippen LogP contribution in [0.2, 0.25) is 0 Å². The average Bonchev–Trinajstić information content (AvgIpc) is 2.89. The van der Waals surface area contributed by atoms with Crippen LogP contribution in [0.25, 0.3) is 0 Å². The van der Waals surface area contributed by atoms with Crippen molar-refractivity contribution < 1.29 is 9.59 Å². The molecule has 0 aliphatic carbocycles. The lowest BCUT2D eigenvalue weighted by molar-refractivity contribution is -0.117. The van der Waals surface area contributed by atoms with Crippen molar-refractivity contribution in [1.82, 2.24) is 9.80 Å². The Bertz CT molecular complexity index is 1140. The lowest BCUT2D eigenvalue weighted by Crippen LogP contribution is -2.50. The fraction of sp³-hybridized carbons (Fsp3) is 0.286. The summed E-state index contributed by atoms with van der Waals surface area (Å²) in [5.41, 5.74) is 5.49. The number of fused-ring (bicyclic) bond motifs is 1. The van der Waals surface area contributed by atoms with Gasteiger partial charge in [0.05, 0.1) is 6.54 Å². The topological polar surface area (TPSA) is 55.9 Å². The van der Waals surface area contributed by atoms with Crippen LogP contribution in [0, 0.1) is 0 Å². The summed E-state index contributed by atoms with van der Waals surface area (Å²) in [6.45, 7) is 4.88. The molecule has 1 saturated heterocycles. The molecule has 0 radical (unpaired) electrons. The van der Waals surface area contributed by atoms with Crippen LogP contribution in [0.4, 0.5) is 11.4 Å². The minimum Gasteiger partial charge on any atom is -0.367 e. The molecule has 0 saturated carbocycles. The van der Waals surface area contributed by atoms with Crippen LogP contribution in [-0.2, 0) is 17.8 Å². The molecule has 0 spiro atoms. The van der Waals surface area contributed by atoms with E-state index < -0.39 is 0 Å². The third-order valence-electron chi connectivity index (χ3n) is 6.69. The predicted molar refractivity (Wildman–Crippen MR) is 135 cm³/mol.